The van der Waals surface area contributed by atoms with Crippen molar-refractivity contribution in [1.82, 2.24) is 0 Å². The average molecular weight is 777 g/mol. The lowest BCUT2D eigenvalue weighted by Gasteiger charge is -2.31. The third-order valence-corrected chi connectivity index (χ3v) is 8.36. The molecule has 2 unspecified atom stereocenters. The van der Waals surface area contributed by atoms with Gasteiger partial charge in [-0.25, -0.2) is 4.79 Å². The molecule has 0 aromatic rings. The summed E-state index contributed by atoms with van der Waals surface area (Å²) >= 11 is 0. The number of likely N-dealkylation sites (N-methyl/N-ethyl adjacent to an activating group) is 1. The summed E-state index contributed by atoms with van der Waals surface area (Å²) < 4.78 is 17.2. The molecule has 0 aliphatic rings. The number of carbonyl (C=O) groups is 3. The van der Waals surface area contributed by atoms with Crippen molar-refractivity contribution in [2.75, 3.05) is 41.0 Å². The van der Waals surface area contributed by atoms with Gasteiger partial charge in [0.15, 0.2) is 12.1 Å². The normalized spacial score (nSPS) is 14.2. The number of carboxylic acid groups (broad SMARTS) is 1. The maximum Gasteiger partial charge on any atom is 0.362 e. The van der Waals surface area contributed by atoms with Crippen molar-refractivity contribution in [1.29, 1.82) is 0 Å². The Labute approximate surface area is 340 Å². The van der Waals surface area contributed by atoms with Crippen molar-refractivity contribution in [2.45, 2.75) is 122 Å². The van der Waals surface area contributed by atoms with Gasteiger partial charge in [-0.15, -0.1) is 0 Å². The molecule has 8 heteroatoms. The molecule has 0 aliphatic carbocycles. The zero-order chi connectivity index (χ0) is 41.4. The van der Waals surface area contributed by atoms with Crippen molar-refractivity contribution >= 4 is 17.9 Å². The molecule has 0 amide bonds. The number of ether oxygens (including phenoxy) is 3. The molecular formula is C48H74NO7+. The Morgan fingerprint density at radius 2 is 0.946 bits per heavy atom. The van der Waals surface area contributed by atoms with Gasteiger partial charge in [-0.05, 0) is 51.4 Å². The molecule has 1 N–H and O–H groups in total. The molecule has 56 heavy (non-hydrogen) atoms. The second-order valence-corrected chi connectivity index (χ2v) is 14.4. The molecule has 0 fully saturated rings. The first-order chi connectivity index (χ1) is 27.1. The third-order valence-electron chi connectivity index (χ3n) is 8.36. The van der Waals surface area contributed by atoms with Crippen LogP contribution in [0.2, 0.25) is 0 Å². The molecule has 0 radical (unpaired) electrons. The Kier molecular flexibility index (Phi) is 34.8. The molecule has 0 bridgehead atoms. The number of quaternary nitrogens is 1. The van der Waals surface area contributed by atoms with Crippen LogP contribution in [-0.4, -0.2) is 80.6 Å². The number of carboxylic acids is 1. The van der Waals surface area contributed by atoms with Crippen LogP contribution in [0.5, 0.6) is 0 Å². The van der Waals surface area contributed by atoms with Crippen molar-refractivity contribution < 1.29 is 38.2 Å². The van der Waals surface area contributed by atoms with E-state index in [1.165, 1.54) is 0 Å². The van der Waals surface area contributed by atoms with Gasteiger partial charge < -0.3 is 23.8 Å². The quantitative estimate of drug-likeness (QED) is 0.0301. The highest BCUT2D eigenvalue weighted by Crippen LogP contribution is 2.12. The topological polar surface area (TPSA) is 99.1 Å². The number of carbonyl (C=O) groups excluding carboxylic acids is 2. The molecule has 0 aromatic heterocycles. The zero-order valence-electron chi connectivity index (χ0n) is 35.3. The predicted octanol–water partition coefficient (Wildman–Crippen LogP) is 11.1. The van der Waals surface area contributed by atoms with Crippen LogP contribution in [0.3, 0.4) is 0 Å². The maximum atomic E-state index is 12.7. The van der Waals surface area contributed by atoms with Crippen LogP contribution in [0, 0.1) is 0 Å². The summed E-state index contributed by atoms with van der Waals surface area (Å²) in [6, 6.07) is -0.634. The highest BCUT2D eigenvalue weighted by Gasteiger charge is 2.31. The van der Waals surface area contributed by atoms with Gasteiger partial charge in [-0.3, -0.25) is 9.59 Å². The molecule has 8 nitrogen and oxygen atoms in total. The molecule has 0 saturated heterocycles. The number of hydrogen-bond acceptors (Lipinski definition) is 6. The fourth-order valence-electron chi connectivity index (χ4n) is 5.19. The molecule has 0 heterocycles. The van der Waals surface area contributed by atoms with Crippen LogP contribution in [0.4, 0.5) is 0 Å². The summed E-state index contributed by atoms with van der Waals surface area (Å²) in [4.78, 5) is 36.9. The Hall–Kier alpha value is -4.27. The van der Waals surface area contributed by atoms with Crippen LogP contribution in [0.1, 0.15) is 110 Å². The number of unbranched alkanes of at least 4 members (excludes halogenated alkanes) is 8. The van der Waals surface area contributed by atoms with Crippen molar-refractivity contribution in [3.63, 3.8) is 0 Å². The summed E-state index contributed by atoms with van der Waals surface area (Å²) in [7, 11) is 5.48. The number of rotatable bonds is 34. The Bertz CT molecular complexity index is 1320. The van der Waals surface area contributed by atoms with Crippen LogP contribution < -0.4 is 0 Å². The van der Waals surface area contributed by atoms with E-state index in [-0.39, 0.29) is 49.1 Å². The maximum absolute atomic E-state index is 12.7. The van der Waals surface area contributed by atoms with Gasteiger partial charge in [0, 0.05) is 19.3 Å². The molecule has 0 spiro atoms. The van der Waals surface area contributed by atoms with Crippen LogP contribution in [-0.2, 0) is 28.6 Å². The SMILES string of the molecule is CC/C=C/C=C/C=C/C=C/C=C/C=C/C=C/CCCCCC(=O)OCC(COCCC(C(=O)O)[N+](C)(C)C)OC(=O)CCCCCCC/C=C/C=C/C=C/CC. The molecule has 2 atom stereocenters. The van der Waals surface area contributed by atoms with Crippen molar-refractivity contribution in [2.24, 2.45) is 0 Å². The van der Waals surface area contributed by atoms with Gasteiger partial charge in [0.25, 0.3) is 0 Å². The number of nitrogens with zero attached hydrogens (tertiary/aromatic N) is 1. The minimum absolute atomic E-state index is 0.0277. The van der Waals surface area contributed by atoms with E-state index in [1.54, 1.807) is 0 Å². The monoisotopic (exact) mass is 777 g/mol. The fourth-order valence-corrected chi connectivity index (χ4v) is 5.19. The fraction of sp³-hybridized carbons (Fsp3) is 0.521. The first-order valence-corrected chi connectivity index (χ1v) is 20.7. The lowest BCUT2D eigenvalue weighted by molar-refractivity contribution is -0.887. The molecule has 0 saturated carbocycles. The summed E-state index contributed by atoms with van der Waals surface area (Å²) in [6.45, 7) is 4.34. The van der Waals surface area contributed by atoms with Crippen molar-refractivity contribution in [3.8, 4) is 0 Å². The second-order valence-electron chi connectivity index (χ2n) is 14.4. The highest BCUT2D eigenvalue weighted by atomic mass is 16.6. The lowest BCUT2D eigenvalue weighted by Crippen LogP contribution is -2.50. The van der Waals surface area contributed by atoms with Crippen molar-refractivity contribution in [3.05, 3.63) is 122 Å². The van der Waals surface area contributed by atoms with Crippen LogP contribution in [0.15, 0.2) is 122 Å². The van der Waals surface area contributed by atoms with E-state index in [4.69, 9.17) is 14.2 Å². The minimum Gasteiger partial charge on any atom is -0.477 e. The predicted molar refractivity (Wildman–Crippen MR) is 233 cm³/mol. The Balaban J connectivity index is 4.54. The smallest absolute Gasteiger partial charge is 0.362 e. The minimum atomic E-state index is -0.893. The number of hydrogen-bond donors (Lipinski definition) is 1. The van der Waals surface area contributed by atoms with Crippen LogP contribution >= 0.6 is 0 Å². The van der Waals surface area contributed by atoms with E-state index in [0.29, 0.717) is 12.8 Å². The van der Waals surface area contributed by atoms with Gasteiger partial charge in [0.1, 0.15) is 6.61 Å². The highest BCUT2D eigenvalue weighted by molar-refractivity contribution is 5.72. The van der Waals surface area contributed by atoms with Crippen LogP contribution in [0.25, 0.3) is 0 Å². The largest absolute Gasteiger partial charge is 0.477 e. The standard InChI is InChI=1S/C48H73NO7/c1-6-8-10-12-14-16-18-20-21-22-23-24-25-27-28-30-32-34-36-38-46(50)55-43-44(42-54-41-40-45(48(52)53)49(3,4)5)56-47(51)39-37-35-33-31-29-26-19-17-15-13-11-9-7-2/h8-25,27-28,44-45H,6-7,26,29-43H2,1-5H3/p+1/b10-8+,11-9+,14-12+,15-13+,18-16+,19-17+,21-20+,23-22+,25-24+,28-27+. The van der Waals surface area contributed by atoms with E-state index in [9.17, 15) is 19.5 Å². The Morgan fingerprint density at radius 3 is 1.41 bits per heavy atom. The second kappa shape index (κ2) is 37.6. The average Bonchev–Trinajstić information content (AvgIpc) is 3.15. The van der Waals surface area contributed by atoms with E-state index in [2.05, 4.69) is 50.3 Å². The van der Waals surface area contributed by atoms with Gasteiger partial charge in [0.05, 0.1) is 34.4 Å². The van der Waals surface area contributed by atoms with E-state index in [1.807, 2.05) is 106 Å². The molecule has 0 aliphatic heterocycles. The van der Waals surface area contributed by atoms with E-state index >= 15 is 0 Å². The molecule has 0 aromatic carbocycles. The Morgan fingerprint density at radius 1 is 0.536 bits per heavy atom. The molecule has 312 valence electrons. The third kappa shape index (κ3) is 35.4. The van der Waals surface area contributed by atoms with Gasteiger partial charge in [-0.1, -0.05) is 161 Å². The van der Waals surface area contributed by atoms with Gasteiger partial charge >= 0.3 is 17.9 Å². The number of aliphatic carboxylic acids is 1. The molecular weight excluding hydrogens is 703 g/mol. The summed E-state index contributed by atoms with van der Waals surface area (Å²) in [5.41, 5.74) is 0. The number of esters is 2. The zero-order valence-corrected chi connectivity index (χ0v) is 35.3. The van der Waals surface area contributed by atoms with E-state index in [0.717, 1.165) is 70.6 Å². The lowest BCUT2D eigenvalue weighted by atomic mass is 10.1. The van der Waals surface area contributed by atoms with Gasteiger partial charge in [0.2, 0.25) is 0 Å². The summed E-state index contributed by atoms with van der Waals surface area (Å²) in [5, 5.41) is 9.60. The summed E-state index contributed by atoms with van der Waals surface area (Å²) in [5.74, 6) is -1.58. The van der Waals surface area contributed by atoms with Gasteiger partial charge in [-0.2, -0.15) is 0 Å². The first-order valence-electron chi connectivity index (χ1n) is 20.7. The number of allylic oxidation sites excluding steroid dienone is 20. The molecule has 0 rings (SSSR count). The van der Waals surface area contributed by atoms with E-state index < -0.39 is 18.1 Å². The summed E-state index contributed by atoms with van der Waals surface area (Å²) in [6.07, 6.45) is 52.4. The first kappa shape index (κ1) is 51.7.